The normalized spacial score (nSPS) is 11.0. The topological polar surface area (TPSA) is 99.5 Å². The number of unbranched alkanes of at least 4 members (excludes halogenated alkanes) is 2. The molecule has 1 rings (SSSR count). The molecule has 0 saturated heterocycles. The first-order chi connectivity index (χ1) is 10.5. The minimum absolute atomic E-state index is 0.0273. The molecule has 0 aromatic carbocycles. The van der Waals surface area contributed by atoms with Crippen LogP contribution in [0.5, 0.6) is 5.88 Å². The number of nitrogens with one attached hydrogen (secondary N) is 2. The third-order valence-electron chi connectivity index (χ3n) is 3.08. The Balaban J connectivity index is 2.92. The Morgan fingerprint density at radius 2 is 2.09 bits per heavy atom. The van der Waals surface area contributed by atoms with Gasteiger partial charge in [0.15, 0.2) is 4.77 Å². The van der Waals surface area contributed by atoms with Crippen LogP contribution in [0.4, 0.5) is 0 Å². The highest BCUT2D eigenvalue weighted by molar-refractivity contribution is 7.71. The first-order valence-corrected chi connectivity index (χ1v) is 7.80. The summed E-state index contributed by atoms with van der Waals surface area (Å²) in [5.74, 6) is -0.471. The molecule has 3 N–H and O–H groups in total. The number of carbonyl (C=O) groups is 1. The molecular weight excluding hydrogens is 304 g/mol. The van der Waals surface area contributed by atoms with Crippen molar-refractivity contribution in [3.8, 4) is 5.88 Å². The molecule has 22 heavy (non-hydrogen) atoms. The van der Waals surface area contributed by atoms with E-state index in [9.17, 15) is 14.7 Å². The van der Waals surface area contributed by atoms with E-state index in [4.69, 9.17) is 12.2 Å². The van der Waals surface area contributed by atoms with Crippen molar-refractivity contribution in [3.05, 3.63) is 20.7 Å². The molecule has 0 unspecified atom stereocenters. The van der Waals surface area contributed by atoms with E-state index in [1.54, 1.807) is 0 Å². The van der Waals surface area contributed by atoms with E-state index in [-0.39, 0.29) is 22.1 Å². The molecular formula is C14H22N4O3S. The van der Waals surface area contributed by atoms with Crippen LogP contribution in [0.3, 0.4) is 0 Å². The molecule has 1 amide bonds. The largest absolute Gasteiger partial charge is 0.494 e. The lowest BCUT2D eigenvalue weighted by atomic mass is 10.2. The van der Waals surface area contributed by atoms with E-state index in [0.717, 1.165) is 31.9 Å². The van der Waals surface area contributed by atoms with Gasteiger partial charge in [0.25, 0.3) is 5.56 Å². The van der Waals surface area contributed by atoms with Gasteiger partial charge in [0.05, 0.1) is 6.21 Å². The van der Waals surface area contributed by atoms with Crippen LogP contribution in [0, 0.1) is 4.77 Å². The number of aromatic nitrogens is 2. The molecule has 0 saturated carbocycles. The van der Waals surface area contributed by atoms with Crippen molar-refractivity contribution in [2.24, 2.45) is 5.10 Å². The van der Waals surface area contributed by atoms with Gasteiger partial charge in [-0.1, -0.05) is 26.7 Å². The third-order valence-corrected chi connectivity index (χ3v) is 3.40. The van der Waals surface area contributed by atoms with Gasteiger partial charge in [-0.25, -0.2) is 5.43 Å². The van der Waals surface area contributed by atoms with Gasteiger partial charge in [-0.15, -0.1) is 0 Å². The van der Waals surface area contributed by atoms with Crippen LogP contribution in [0.25, 0.3) is 0 Å². The van der Waals surface area contributed by atoms with Gasteiger partial charge in [0, 0.05) is 13.0 Å². The van der Waals surface area contributed by atoms with Crippen LogP contribution in [-0.4, -0.2) is 26.8 Å². The average Bonchev–Trinajstić information content (AvgIpc) is 2.48. The number of aromatic hydroxyl groups is 1. The fraction of sp³-hybridized carbons (Fsp3) is 0.571. The Labute approximate surface area is 134 Å². The molecule has 1 heterocycles. The summed E-state index contributed by atoms with van der Waals surface area (Å²) in [5, 5.41) is 13.9. The summed E-state index contributed by atoms with van der Waals surface area (Å²) in [6, 6.07) is 0. The molecule has 0 radical (unpaired) electrons. The summed E-state index contributed by atoms with van der Waals surface area (Å²) < 4.78 is 1.61. The maximum Gasteiger partial charge on any atom is 0.264 e. The van der Waals surface area contributed by atoms with Gasteiger partial charge in [-0.05, 0) is 25.1 Å². The molecule has 0 spiro atoms. The average molecular weight is 326 g/mol. The number of aromatic amines is 1. The van der Waals surface area contributed by atoms with E-state index in [2.05, 4.69) is 15.5 Å². The smallest absolute Gasteiger partial charge is 0.264 e. The van der Waals surface area contributed by atoms with Gasteiger partial charge in [-0.3, -0.25) is 19.1 Å². The van der Waals surface area contributed by atoms with Gasteiger partial charge >= 0.3 is 0 Å². The molecule has 122 valence electrons. The number of rotatable bonds is 8. The quantitative estimate of drug-likeness (QED) is 0.387. The Kier molecular flexibility index (Phi) is 7.51. The van der Waals surface area contributed by atoms with Crippen LogP contribution in [0.1, 0.15) is 51.5 Å². The summed E-state index contributed by atoms with van der Waals surface area (Å²) in [6.45, 7) is 4.50. The minimum Gasteiger partial charge on any atom is -0.494 e. The first kappa shape index (κ1) is 18.1. The summed E-state index contributed by atoms with van der Waals surface area (Å²) in [4.78, 5) is 25.8. The SMILES string of the molecule is CCCCC(=O)N/N=C/c1c(O)n(CCCC)c(=S)[nH]c1=O. The molecule has 7 nitrogen and oxygen atoms in total. The van der Waals surface area contributed by atoms with E-state index >= 15 is 0 Å². The molecule has 0 aliphatic heterocycles. The maximum absolute atomic E-state index is 11.8. The zero-order valence-electron chi connectivity index (χ0n) is 12.9. The van der Waals surface area contributed by atoms with E-state index in [0.29, 0.717) is 13.0 Å². The summed E-state index contributed by atoms with van der Waals surface area (Å²) in [7, 11) is 0. The molecule has 0 aliphatic rings. The van der Waals surface area contributed by atoms with Crippen LogP contribution >= 0.6 is 12.2 Å². The number of carbonyl (C=O) groups excluding carboxylic acids is 1. The lowest BCUT2D eigenvalue weighted by Crippen LogP contribution is -2.21. The monoisotopic (exact) mass is 326 g/mol. The van der Waals surface area contributed by atoms with Crippen molar-refractivity contribution in [3.63, 3.8) is 0 Å². The van der Waals surface area contributed by atoms with Crippen molar-refractivity contribution in [1.29, 1.82) is 0 Å². The van der Waals surface area contributed by atoms with Crippen LogP contribution in [0.2, 0.25) is 0 Å². The fourth-order valence-electron chi connectivity index (χ4n) is 1.78. The third kappa shape index (κ3) is 5.10. The molecule has 1 aromatic heterocycles. The predicted molar refractivity (Wildman–Crippen MR) is 87.7 cm³/mol. The van der Waals surface area contributed by atoms with Crippen molar-refractivity contribution >= 4 is 24.3 Å². The Hall–Kier alpha value is -1.96. The van der Waals surface area contributed by atoms with Gasteiger partial charge in [-0.2, -0.15) is 5.10 Å². The predicted octanol–water partition coefficient (Wildman–Crippen LogP) is 2.05. The number of H-pyrrole nitrogens is 1. The van der Waals surface area contributed by atoms with Gasteiger partial charge in [0.1, 0.15) is 5.56 Å². The van der Waals surface area contributed by atoms with Crippen molar-refractivity contribution in [2.45, 2.75) is 52.5 Å². The van der Waals surface area contributed by atoms with Crippen LogP contribution in [-0.2, 0) is 11.3 Å². The summed E-state index contributed by atoms with van der Waals surface area (Å²) in [6.07, 6.45) is 4.94. The van der Waals surface area contributed by atoms with Crippen LogP contribution < -0.4 is 11.0 Å². The first-order valence-electron chi connectivity index (χ1n) is 7.39. The zero-order chi connectivity index (χ0) is 16.5. The second-order valence-corrected chi connectivity index (χ2v) is 5.29. The number of nitrogens with zero attached hydrogens (tertiary/aromatic N) is 2. The molecule has 8 heteroatoms. The van der Waals surface area contributed by atoms with Gasteiger partial charge in [0.2, 0.25) is 11.8 Å². The maximum atomic E-state index is 11.8. The molecule has 0 aliphatic carbocycles. The van der Waals surface area contributed by atoms with E-state index in [1.807, 2.05) is 13.8 Å². The number of amides is 1. The molecule has 0 bridgehead atoms. The Morgan fingerprint density at radius 3 is 2.73 bits per heavy atom. The fourth-order valence-corrected chi connectivity index (χ4v) is 2.05. The zero-order valence-corrected chi connectivity index (χ0v) is 13.7. The standard InChI is InChI=1S/C14H22N4O3S/c1-3-5-7-11(19)17-15-9-10-12(20)16-14(22)18(13(10)21)8-6-4-2/h9,21H,3-8H2,1-2H3,(H,17,19)(H,16,20,22)/b15-9+. The molecule has 0 atom stereocenters. The highest BCUT2D eigenvalue weighted by Crippen LogP contribution is 2.12. The van der Waals surface area contributed by atoms with Crippen molar-refractivity contribution in [2.75, 3.05) is 0 Å². The van der Waals surface area contributed by atoms with Crippen LogP contribution in [0.15, 0.2) is 9.90 Å². The highest BCUT2D eigenvalue weighted by atomic mass is 32.1. The number of hydrogen-bond donors (Lipinski definition) is 3. The molecule has 1 aromatic rings. The van der Waals surface area contributed by atoms with E-state index in [1.165, 1.54) is 4.57 Å². The Morgan fingerprint density at radius 1 is 1.41 bits per heavy atom. The molecule has 0 fully saturated rings. The van der Waals surface area contributed by atoms with Gasteiger partial charge < -0.3 is 5.11 Å². The number of hydrazone groups is 1. The summed E-state index contributed by atoms with van der Waals surface area (Å²) in [5.41, 5.74) is 1.76. The second kappa shape index (κ2) is 9.14. The van der Waals surface area contributed by atoms with Crippen molar-refractivity contribution in [1.82, 2.24) is 15.0 Å². The number of hydrogen-bond acceptors (Lipinski definition) is 5. The minimum atomic E-state index is -0.540. The Bertz CT molecular complexity index is 648. The summed E-state index contributed by atoms with van der Waals surface area (Å²) >= 11 is 5.04. The lowest BCUT2D eigenvalue weighted by molar-refractivity contribution is -0.121. The highest BCUT2D eigenvalue weighted by Gasteiger charge is 2.10. The lowest BCUT2D eigenvalue weighted by Gasteiger charge is -2.10. The van der Waals surface area contributed by atoms with Crippen molar-refractivity contribution < 1.29 is 9.90 Å². The second-order valence-electron chi connectivity index (χ2n) is 4.90. The van der Waals surface area contributed by atoms with E-state index < -0.39 is 5.56 Å².